The fourth-order valence-electron chi connectivity index (χ4n) is 3.08. The van der Waals surface area contributed by atoms with Crippen molar-refractivity contribution in [2.24, 2.45) is 7.05 Å². The van der Waals surface area contributed by atoms with E-state index >= 15 is 0 Å². The first kappa shape index (κ1) is 14.6. The number of rotatable bonds is 3. The zero-order chi connectivity index (χ0) is 16.7. The van der Waals surface area contributed by atoms with Crippen LogP contribution in [-0.4, -0.2) is 23.8 Å². The Morgan fingerprint density at radius 1 is 0.833 bits per heavy atom. The van der Waals surface area contributed by atoms with Gasteiger partial charge in [-0.3, -0.25) is 0 Å². The minimum atomic E-state index is 0.839. The first-order valence-corrected chi connectivity index (χ1v) is 7.79. The first-order valence-electron chi connectivity index (χ1n) is 7.79. The molecule has 0 unspecified atom stereocenters. The number of imidazole rings is 1. The molecule has 1 aromatic heterocycles. The van der Waals surface area contributed by atoms with E-state index < -0.39 is 0 Å². The van der Waals surface area contributed by atoms with Crippen LogP contribution in [0.3, 0.4) is 0 Å². The van der Waals surface area contributed by atoms with E-state index in [2.05, 4.69) is 22.8 Å². The molecule has 0 atom stereocenters. The second-order valence-electron chi connectivity index (χ2n) is 5.74. The highest BCUT2D eigenvalue weighted by molar-refractivity contribution is 6.05. The second kappa shape index (κ2) is 5.57. The lowest BCUT2D eigenvalue weighted by Gasteiger charge is -2.04. The molecule has 0 bridgehead atoms. The number of methoxy groups -OCH3 is 2. The topological polar surface area (TPSA) is 36.3 Å². The highest BCUT2D eigenvalue weighted by atomic mass is 16.5. The molecule has 0 amide bonds. The van der Waals surface area contributed by atoms with Gasteiger partial charge >= 0.3 is 0 Å². The fourth-order valence-corrected chi connectivity index (χ4v) is 3.08. The van der Waals surface area contributed by atoms with Crippen molar-refractivity contribution < 1.29 is 9.47 Å². The van der Waals surface area contributed by atoms with Crippen LogP contribution in [0, 0.1) is 0 Å². The summed E-state index contributed by atoms with van der Waals surface area (Å²) in [6, 6.07) is 18.3. The summed E-state index contributed by atoms with van der Waals surface area (Å²) in [5, 5.41) is 2.25. The third kappa shape index (κ3) is 2.19. The summed E-state index contributed by atoms with van der Waals surface area (Å²) in [5.41, 5.74) is 3.15. The molecule has 4 nitrogen and oxygen atoms in total. The van der Waals surface area contributed by atoms with Gasteiger partial charge in [-0.2, -0.15) is 0 Å². The lowest BCUT2D eigenvalue weighted by atomic mass is 10.1. The highest BCUT2D eigenvalue weighted by Gasteiger charge is 2.13. The third-order valence-corrected chi connectivity index (χ3v) is 4.42. The van der Waals surface area contributed by atoms with Crippen molar-refractivity contribution in [3.63, 3.8) is 0 Å². The summed E-state index contributed by atoms with van der Waals surface area (Å²) >= 11 is 0. The maximum atomic E-state index is 5.37. The molecule has 3 aromatic carbocycles. The van der Waals surface area contributed by atoms with Crippen LogP contribution < -0.4 is 9.47 Å². The van der Waals surface area contributed by atoms with Crippen molar-refractivity contribution in [2.45, 2.75) is 0 Å². The Morgan fingerprint density at radius 3 is 2.21 bits per heavy atom. The van der Waals surface area contributed by atoms with Crippen molar-refractivity contribution >= 4 is 21.8 Å². The van der Waals surface area contributed by atoms with E-state index in [1.807, 2.05) is 43.4 Å². The van der Waals surface area contributed by atoms with E-state index in [0.717, 1.165) is 44.7 Å². The number of aryl methyl sites for hydroxylation is 1. The molecule has 4 rings (SSSR count). The number of benzene rings is 3. The van der Waals surface area contributed by atoms with Crippen LogP contribution >= 0.6 is 0 Å². The van der Waals surface area contributed by atoms with Crippen LogP contribution in [0.2, 0.25) is 0 Å². The second-order valence-corrected chi connectivity index (χ2v) is 5.74. The fraction of sp³-hybridized carbons (Fsp3) is 0.150. The van der Waals surface area contributed by atoms with Crippen LogP contribution in [-0.2, 0) is 7.05 Å². The molecule has 24 heavy (non-hydrogen) atoms. The Hall–Kier alpha value is -3.01. The van der Waals surface area contributed by atoms with Gasteiger partial charge < -0.3 is 14.0 Å². The zero-order valence-corrected chi connectivity index (χ0v) is 13.9. The minimum absolute atomic E-state index is 0.839. The molecule has 120 valence electrons. The van der Waals surface area contributed by atoms with Gasteiger partial charge in [0.2, 0.25) is 0 Å². The molecular formula is C20H18N2O2. The number of nitrogens with zero attached hydrogens (tertiary/aromatic N) is 2. The molecule has 0 aliphatic heterocycles. The summed E-state index contributed by atoms with van der Waals surface area (Å²) in [4.78, 5) is 4.91. The van der Waals surface area contributed by atoms with Crippen molar-refractivity contribution in [3.8, 4) is 22.9 Å². The Labute approximate surface area is 140 Å². The molecule has 0 saturated carbocycles. The van der Waals surface area contributed by atoms with Crippen molar-refractivity contribution in [1.29, 1.82) is 0 Å². The SMILES string of the molecule is COc1ccc(-c2nc3c4cc(OC)ccc4ccc3n2C)cc1. The molecule has 0 spiro atoms. The largest absolute Gasteiger partial charge is 0.497 e. The molecular weight excluding hydrogens is 300 g/mol. The van der Waals surface area contributed by atoms with Crippen molar-refractivity contribution in [3.05, 3.63) is 54.6 Å². The Kier molecular flexibility index (Phi) is 3.38. The number of hydrogen-bond acceptors (Lipinski definition) is 3. The maximum Gasteiger partial charge on any atom is 0.140 e. The van der Waals surface area contributed by atoms with Gasteiger partial charge in [0.05, 0.1) is 25.3 Å². The van der Waals surface area contributed by atoms with Gasteiger partial charge in [0.1, 0.15) is 17.3 Å². The van der Waals surface area contributed by atoms with E-state index in [1.54, 1.807) is 14.2 Å². The molecule has 0 aliphatic carbocycles. The smallest absolute Gasteiger partial charge is 0.140 e. The average Bonchev–Trinajstić information content (AvgIpc) is 2.98. The average molecular weight is 318 g/mol. The Balaban J connectivity index is 1.96. The van der Waals surface area contributed by atoms with Gasteiger partial charge in [0, 0.05) is 18.0 Å². The molecule has 0 fully saturated rings. The number of hydrogen-bond donors (Lipinski definition) is 0. The normalized spacial score (nSPS) is 11.1. The summed E-state index contributed by atoms with van der Waals surface area (Å²) in [7, 11) is 5.40. The van der Waals surface area contributed by atoms with Crippen LogP contribution in [0.5, 0.6) is 11.5 Å². The monoisotopic (exact) mass is 318 g/mol. The summed E-state index contributed by atoms with van der Waals surface area (Å²) in [6.07, 6.45) is 0. The van der Waals surface area contributed by atoms with E-state index in [1.165, 1.54) is 0 Å². The quantitative estimate of drug-likeness (QED) is 0.561. The van der Waals surface area contributed by atoms with Crippen LogP contribution in [0.4, 0.5) is 0 Å². The van der Waals surface area contributed by atoms with Gasteiger partial charge in [0.25, 0.3) is 0 Å². The Bertz CT molecular complexity index is 1030. The molecule has 4 aromatic rings. The summed E-state index contributed by atoms with van der Waals surface area (Å²) in [5.74, 6) is 2.61. The van der Waals surface area contributed by atoms with Gasteiger partial charge in [0.15, 0.2) is 0 Å². The predicted molar refractivity (Wildman–Crippen MR) is 96.8 cm³/mol. The third-order valence-electron chi connectivity index (χ3n) is 4.42. The van der Waals surface area contributed by atoms with Crippen LogP contribution in [0.15, 0.2) is 54.6 Å². The molecule has 0 aliphatic rings. The predicted octanol–water partition coefficient (Wildman–Crippen LogP) is 4.41. The van der Waals surface area contributed by atoms with E-state index in [4.69, 9.17) is 14.5 Å². The summed E-state index contributed by atoms with van der Waals surface area (Å²) in [6.45, 7) is 0. The van der Waals surface area contributed by atoms with Crippen LogP contribution in [0.25, 0.3) is 33.2 Å². The van der Waals surface area contributed by atoms with Gasteiger partial charge in [-0.25, -0.2) is 4.98 Å². The van der Waals surface area contributed by atoms with Crippen LogP contribution in [0.1, 0.15) is 0 Å². The van der Waals surface area contributed by atoms with Gasteiger partial charge in [-0.15, -0.1) is 0 Å². The van der Waals surface area contributed by atoms with E-state index in [0.29, 0.717) is 0 Å². The summed E-state index contributed by atoms with van der Waals surface area (Å²) < 4.78 is 12.7. The molecule has 0 radical (unpaired) electrons. The van der Waals surface area contributed by atoms with E-state index in [-0.39, 0.29) is 0 Å². The van der Waals surface area contributed by atoms with Crippen molar-refractivity contribution in [2.75, 3.05) is 14.2 Å². The molecule has 0 N–H and O–H groups in total. The lowest BCUT2D eigenvalue weighted by Crippen LogP contribution is -1.92. The Morgan fingerprint density at radius 2 is 1.50 bits per heavy atom. The highest BCUT2D eigenvalue weighted by Crippen LogP contribution is 2.31. The standard InChI is InChI=1S/C20H18N2O2/c1-22-18-11-7-13-4-10-16(24-3)12-17(13)19(18)21-20(22)14-5-8-15(23-2)9-6-14/h4-12H,1-3H3. The molecule has 4 heteroatoms. The van der Waals surface area contributed by atoms with Gasteiger partial charge in [-0.1, -0.05) is 12.1 Å². The number of ether oxygens (including phenoxy) is 2. The molecule has 0 saturated heterocycles. The van der Waals surface area contributed by atoms with E-state index in [9.17, 15) is 0 Å². The lowest BCUT2D eigenvalue weighted by molar-refractivity contribution is 0.415. The maximum absolute atomic E-state index is 5.37. The van der Waals surface area contributed by atoms with Crippen molar-refractivity contribution in [1.82, 2.24) is 9.55 Å². The first-order chi connectivity index (χ1) is 11.7. The number of fused-ring (bicyclic) bond motifs is 3. The zero-order valence-electron chi connectivity index (χ0n) is 13.9. The minimum Gasteiger partial charge on any atom is -0.497 e. The number of aromatic nitrogens is 2. The van der Waals surface area contributed by atoms with Gasteiger partial charge in [-0.05, 0) is 47.9 Å². The molecule has 1 heterocycles.